The van der Waals surface area contributed by atoms with Crippen molar-refractivity contribution in [3.8, 4) is 5.75 Å². The molecule has 1 aromatic carbocycles. The highest BCUT2D eigenvalue weighted by Gasteiger charge is 2.35. The lowest BCUT2D eigenvalue weighted by Crippen LogP contribution is -2.51. The first-order chi connectivity index (χ1) is 17.7. The van der Waals surface area contributed by atoms with Crippen LogP contribution in [0.2, 0.25) is 0 Å². The minimum Gasteiger partial charge on any atom is -0.508 e. The maximum atomic E-state index is 13.6. The van der Waals surface area contributed by atoms with Crippen LogP contribution < -0.4 is 10.6 Å². The minimum atomic E-state index is -1.06. The minimum absolute atomic E-state index is 0.0159. The summed E-state index contributed by atoms with van der Waals surface area (Å²) in [5.74, 6) is -0.955. The van der Waals surface area contributed by atoms with Crippen LogP contribution in [-0.2, 0) is 23.9 Å². The Kier molecular flexibility index (Phi) is 13.1. The van der Waals surface area contributed by atoms with E-state index in [1.54, 1.807) is 46.8 Å². The molecular weight excluding hydrogens is 490 g/mol. The van der Waals surface area contributed by atoms with E-state index in [1.807, 2.05) is 6.92 Å². The number of benzene rings is 1. The number of carbonyl (C=O) groups is 4. The molecule has 3 amide bonds. The van der Waals surface area contributed by atoms with Crippen LogP contribution in [0.3, 0.4) is 0 Å². The summed E-state index contributed by atoms with van der Waals surface area (Å²) in [6.07, 6.45) is 0.685. The first-order valence-corrected chi connectivity index (χ1v) is 13.2. The summed E-state index contributed by atoms with van der Waals surface area (Å²) in [6, 6.07) is 3.30. The van der Waals surface area contributed by atoms with Gasteiger partial charge >= 0.3 is 12.1 Å². The molecule has 2 atom stereocenters. The lowest BCUT2D eigenvalue weighted by atomic mass is 9.97. The Bertz CT molecular complexity index is 956. The zero-order valence-electron chi connectivity index (χ0n) is 24.1. The average Bonchev–Trinajstić information content (AvgIpc) is 2.80. The molecule has 1 rings (SSSR count). The van der Waals surface area contributed by atoms with Crippen LogP contribution in [0.5, 0.6) is 5.75 Å². The number of phenolic OH excluding ortho intramolecular Hbond substituents is 1. The summed E-state index contributed by atoms with van der Waals surface area (Å²) >= 11 is 0. The molecule has 0 aliphatic carbocycles. The molecule has 0 aliphatic rings. The Labute approximate surface area is 226 Å². The molecule has 0 aliphatic heterocycles. The quantitative estimate of drug-likeness (QED) is 0.325. The molecular formula is C28H45N3O7. The van der Waals surface area contributed by atoms with Crippen molar-refractivity contribution in [3.63, 3.8) is 0 Å². The van der Waals surface area contributed by atoms with Crippen LogP contribution in [-0.4, -0.2) is 65.2 Å². The fourth-order valence-electron chi connectivity index (χ4n) is 3.82. The van der Waals surface area contributed by atoms with Crippen LogP contribution in [0.1, 0.15) is 84.9 Å². The van der Waals surface area contributed by atoms with E-state index in [0.29, 0.717) is 23.5 Å². The van der Waals surface area contributed by atoms with Gasteiger partial charge in [-0.1, -0.05) is 19.9 Å². The molecule has 2 unspecified atom stereocenters. The number of nitrogens with one attached hydrogen (secondary N) is 2. The molecule has 0 heterocycles. The van der Waals surface area contributed by atoms with Crippen LogP contribution in [0.4, 0.5) is 4.79 Å². The summed E-state index contributed by atoms with van der Waals surface area (Å²) in [4.78, 5) is 52.6. The van der Waals surface area contributed by atoms with E-state index in [0.717, 1.165) is 6.42 Å². The van der Waals surface area contributed by atoms with E-state index >= 15 is 0 Å². The van der Waals surface area contributed by atoms with Gasteiger partial charge in [-0.05, 0) is 83.6 Å². The van der Waals surface area contributed by atoms with E-state index in [4.69, 9.17) is 9.47 Å². The van der Waals surface area contributed by atoms with Gasteiger partial charge in [0, 0.05) is 12.6 Å². The number of hydrogen-bond donors (Lipinski definition) is 3. The molecule has 10 nitrogen and oxygen atoms in total. The number of ether oxygens (including phenoxy) is 2. The van der Waals surface area contributed by atoms with Gasteiger partial charge in [0.05, 0.1) is 13.0 Å². The van der Waals surface area contributed by atoms with Crippen molar-refractivity contribution >= 4 is 23.9 Å². The molecule has 0 saturated carbocycles. The number of hydrogen-bond acceptors (Lipinski definition) is 7. The molecule has 0 radical (unpaired) electrons. The van der Waals surface area contributed by atoms with Crippen LogP contribution in [0.15, 0.2) is 18.2 Å². The Balaban J connectivity index is 3.34. The average molecular weight is 536 g/mol. The van der Waals surface area contributed by atoms with Gasteiger partial charge in [0.25, 0.3) is 0 Å². The van der Waals surface area contributed by atoms with Crippen molar-refractivity contribution in [3.05, 3.63) is 29.3 Å². The summed E-state index contributed by atoms with van der Waals surface area (Å²) in [5, 5.41) is 15.3. The smallest absolute Gasteiger partial charge is 0.408 e. The Morgan fingerprint density at radius 1 is 1.05 bits per heavy atom. The van der Waals surface area contributed by atoms with Gasteiger partial charge in [-0.25, -0.2) is 4.79 Å². The number of nitrogens with zero attached hydrogens (tertiary/aromatic N) is 1. The molecule has 0 bridgehead atoms. The third-order valence-corrected chi connectivity index (χ3v) is 5.70. The molecule has 214 valence electrons. The van der Waals surface area contributed by atoms with Crippen molar-refractivity contribution in [2.45, 2.75) is 92.3 Å². The number of aryl methyl sites for hydroxylation is 1. The Morgan fingerprint density at radius 2 is 1.71 bits per heavy atom. The second-order valence-electron chi connectivity index (χ2n) is 10.8. The highest BCUT2D eigenvalue weighted by Crippen LogP contribution is 2.29. The molecule has 1 aromatic rings. The first kappa shape index (κ1) is 32.7. The van der Waals surface area contributed by atoms with E-state index in [9.17, 15) is 24.3 Å². The summed E-state index contributed by atoms with van der Waals surface area (Å²) < 4.78 is 10.2. The number of carbonyl (C=O) groups excluding carboxylic acids is 4. The molecule has 0 aromatic heterocycles. The van der Waals surface area contributed by atoms with E-state index < -0.39 is 35.5 Å². The number of rotatable bonds is 13. The van der Waals surface area contributed by atoms with Crippen LogP contribution in [0, 0.1) is 12.8 Å². The third-order valence-electron chi connectivity index (χ3n) is 5.70. The van der Waals surface area contributed by atoms with E-state index in [1.165, 1.54) is 11.0 Å². The van der Waals surface area contributed by atoms with Crippen molar-refractivity contribution in [1.82, 2.24) is 15.5 Å². The largest absolute Gasteiger partial charge is 0.508 e. The predicted octanol–water partition coefficient (Wildman–Crippen LogP) is 3.99. The molecule has 10 heteroatoms. The number of alkyl carbamates (subject to hydrolysis) is 1. The third kappa shape index (κ3) is 11.4. The van der Waals surface area contributed by atoms with Gasteiger partial charge in [-0.2, -0.15) is 0 Å². The summed E-state index contributed by atoms with van der Waals surface area (Å²) in [6.45, 7) is 14.5. The maximum absolute atomic E-state index is 13.6. The Morgan fingerprint density at radius 3 is 2.26 bits per heavy atom. The number of amides is 3. The van der Waals surface area contributed by atoms with Crippen LogP contribution in [0.25, 0.3) is 0 Å². The monoisotopic (exact) mass is 535 g/mol. The van der Waals surface area contributed by atoms with Crippen molar-refractivity contribution in [2.75, 3.05) is 19.7 Å². The maximum Gasteiger partial charge on any atom is 0.408 e. The van der Waals surface area contributed by atoms with Crippen LogP contribution >= 0.6 is 0 Å². The highest BCUT2D eigenvalue weighted by molar-refractivity contribution is 5.91. The van der Waals surface area contributed by atoms with Crippen molar-refractivity contribution < 1.29 is 33.8 Å². The van der Waals surface area contributed by atoms with E-state index in [-0.39, 0.29) is 37.9 Å². The SMILES string of the molecule is CCOC(=O)CCNC(=O)C(c1ccc(O)c(C)c1)N(C(=O)CNC(=O)OC(C)(C)C)C(C)CCC(C)C. The molecule has 3 N–H and O–H groups in total. The normalized spacial score (nSPS) is 12.9. The molecule has 0 fully saturated rings. The standard InChI is InChI=1S/C28H45N3O7/c1-9-37-24(34)14-15-29-26(35)25(21-12-13-22(32)19(4)16-21)31(20(5)11-10-18(2)3)23(33)17-30-27(36)38-28(6,7)8/h12-13,16,18,20,25,32H,9-11,14-15,17H2,1-8H3,(H,29,35)(H,30,36). The second-order valence-corrected chi connectivity index (χ2v) is 10.8. The highest BCUT2D eigenvalue weighted by atomic mass is 16.6. The number of aromatic hydroxyl groups is 1. The number of phenols is 1. The predicted molar refractivity (Wildman–Crippen MR) is 144 cm³/mol. The van der Waals surface area contributed by atoms with Gasteiger partial charge in [0.2, 0.25) is 11.8 Å². The Hall–Kier alpha value is -3.30. The number of esters is 1. The zero-order valence-corrected chi connectivity index (χ0v) is 24.1. The van der Waals surface area contributed by atoms with Gasteiger partial charge < -0.3 is 30.1 Å². The summed E-state index contributed by atoms with van der Waals surface area (Å²) in [7, 11) is 0. The molecule has 38 heavy (non-hydrogen) atoms. The fraction of sp³-hybridized carbons (Fsp3) is 0.643. The molecule has 0 saturated heterocycles. The first-order valence-electron chi connectivity index (χ1n) is 13.2. The lowest BCUT2D eigenvalue weighted by molar-refractivity contribution is -0.144. The van der Waals surface area contributed by atoms with Gasteiger partial charge in [-0.15, -0.1) is 0 Å². The lowest BCUT2D eigenvalue weighted by Gasteiger charge is -2.37. The zero-order chi connectivity index (χ0) is 29.0. The van der Waals surface area contributed by atoms with Gasteiger partial charge in [-0.3, -0.25) is 14.4 Å². The summed E-state index contributed by atoms with van der Waals surface area (Å²) in [5.41, 5.74) is 0.305. The van der Waals surface area contributed by atoms with Crippen molar-refractivity contribution in [2.24, 2.45) is 5.92 Å². The van der Waals surface area contributed by atoms with Gasteiger partial charge in [0.15, 0.2) is 0 Å². The fourth-order valence-corrected chi connectivity index (χ4v) is 3.82. The second kappa shape index (κ2) is 15.2. The molecule has 0 spiro atoms. The van der Waals surface area contributed by atoms with Gasteiger partial charge in [0.1, 0.15) is 23.9 Å². The topological polar surface area (TPSA) is 134 Å². The van der Waals surface area contributed by atoms with E-state index in [2.05, 4.69) is 24.5 Å². The van der Waals surface area contributed by atoms with Crippen molar-refractivity contribution in [1.29, 1.82) is 0 Å².